The Labute approximate surface area is 156 Å². The van der Waals surface area contributed by atoms with Gasteiger partial charge in [0.1, 0.15) is 0 Å². The molecule has 0 aliphatic carbocycles. The largest absolute Gasteiger partial charge is 0.317 e. The Morgan fingerprint density at radius 1 is 1.11 bits per heavy atom. The number of piperidine rings is 1. The maximum absolute atomic E-state index is 13.0. The molecule has 1 N–H and O–H groups in total. The topological polar surface area (TPSA) is 64.2 Å². The first-order valence-corrected chi connectivity index (χ1v) is 9.38. The molecule has 1 fully saturated rings. The second-order valence-electron chi connectivity index (χ2n) is 7.21. The number of hydrogen-bond acceptors (Lipinski definition) is 4. The van der Waals surface area contributed by atoms with Crippen LogP contribution in [-0.2, 0) is 0 Å². The first kappa shape index (κ1) is 16.2. The van der Waals surface area contributed by atoms with Crippen molar-refractivity contribution >= 4 is 16.4 Å². The van der Waals surface area contributed by atoms with E-state index in [1.807, 2.05) is 60.3 Å². The van der Waals surface area contributed by atoms with E-state index in [9.17, 15) is 4.79 Å². The summed E-state index contributed by atoms with van der Waals surface area (Å²) in [5, 5.41) is 9.72. The third kappa shape index (κ3) is 2.82. The van der Waals surface area contributed by atoms with Crippen LogP contribution < -0.4 is 10.9 Å². The summed E-state index contributed by atoms with van der Waals surface area (Å²) in [5.74, 6) is 0. The lowest BCUT2D eigenvalue weighted by atomic mass is 10.0. The van der Waals surface area contributed by atoms with Gasteiger partial charge < -0.3 is 9.88 Å². The molecule has 4 heterocycles. The molecule has 0 amide bonds. The van der Waals surface area contributed by atoms with Crippen LogP contribution in [0.5, 0.6) is 0 Å². The van der Waals surface area contributed by atoms with Gasteiger partial charge in [0.15, 0.2) is 5.65 Å². The number of hydrogen-bond donors (Lipinski definition) is 1. The summed E-state index contributed by atoms with van der Waals surface area (Å²) in [6, 6.07) is 12.2. The SMILES string of the molecule is Cc1cn2nc(-c3ccc4c(=O)n(C5CCNCC5)ccc4c3)ccc2n1. The minimum absolute atomic E-state index is 0.0968. The van der Waals surface area contributed by atoms with E-state index in [-0.39, 0.29) is 11.6 Å². The maximum Gasteiger partial charge on any atom is 0.258 e. The molecule has 136 valence electrons. The zero-order chi connectivity index (χ0) is 18.4. The number of pyridine rings is 1. The normalized spacial score (nSPS) is 15.6. The molecule has 0 bridgehead atoms. The Hall–Kier alpha value is -2.99. The van der Waals surface area contributed by atoms with E-state index < -0.39 is 0 Å². The predicted octanol–water partition coefficient (Wildman–Crippen LogP) is 2.94. The Morgan fingerprint density at radius 3 is 2.81 bits per heavy atom. The van der Waals surface area contributed by atoms with Crippen LogP contribution >= 0.6 is 0 Å². The van der Waals surface area contributed by atoms with E-state index >= 15 is 0 Å². The molecule has 0 saturated carbocycles. The van der Waals surface area contributed by atoms with E-state index in [0.717, 1.165) is 59.3 Å². The molecule has 6 nitrogen and oxygen atoms in total. The number of nitrogens with zero attached hydrogens (tertiary/aromatic N) is 4. The molecular weight excluding hydrogens is 338 g/mol. The van der Waals surface area contributed by atoms with E-state index in [0.29, 0.717) is 0 Å². The molecule has 1 aliphatic rings. The van der Waals surface area contributed by atoms with Crippen LogP contribution in [0.1, 0.15) is 24.6 Å². The molecule has 0 radical (unpaired) electrons. The van der Waals surface area contributed by atoms with E-state index in [1.165, 1.54) is 0 Å². The number of nitrogens with one attached hydrogen (secondary N) is 1. The number of rotatable bonds is 2. The maximum atomic E-state index is 13.0. The number of imidazole rings is 1. The van der Waals surface area contributed by atoms with Crippen LogP contribution in [-0.4, -0.2) is 32.3 Å². The molecule has 5 rings (SSSR count). The number of fused-ring (bicyclic) bond motifs is 2. The minimum Gasteiger partial charge on any atom is -0.317 e. The standard InChI is InChI=1S/C21H21N5O/c1-14-13-26-20(23-14)5-4-19(24-26)16-2-3-18-15(12-16)8-11-25(21(18)27)17-6-9-22-10-7-17/h2-5,8,11-13,17,22H,6-7,9-10H2,1H3. The van der Waals surface area contributed by atoms with Gasteiger partial charge in [-0.2, -0.15) is 5.10 Å². The number of aromatic nitrogens is 4. The van der Waals surface area contributed by atoms with Crippen molar-refractivity contribution in [3.63, 3.8) is 0 Å². The molecule has 6 heteroatoms. The van der Waals surface area contributed by atoms with E-state index in [1.54, 1.807) is 4.52 Å². The zero-order valence-electron chi connectivity index (χ0n) is 15.2. The second kappa shape index (κ2) is 6.32. The van der Waals surface area contributed by atoms with Gasteiger partial charge in [0.25, 0.3) is 5.56 Å². The van der Waals surface area contributed by atoms with Gasteiger partial charge >= 0.3 is 0 Å². The smallest absolute Gasteiger partial charge is 0.258 e. The fraction of sp³-hybridized carbons (Fsp3) is 0.286. The summed E-state index contributed by atoms with van der Waals surface area (Å²) in [5.41, 5.74) is 3.73. The summed E-state index contributed by atoms with van der Waals surface area (Å²) in [6.45, 7) is 3.89. The van der Waals surface area contributed by atoms with Gasteiger partial charge in [0.05, 0.1) is 17.6 Å². The van der Waals surface area contributed by atoms with Crippen molar-refractivity contribution < 1.29 is 0 Å². The molecule has 0 spiro atoms. The van der Waals surface area contributed by atoms with Crippen molar-refractivity contribution in [2.75, 3.05) is 13.1 Å². The van der Waals surface area contributed by atoms with Crippen LogP contribution in [0.3, 0.4) is 0 Å². The number of aryl methyl sites for hydroxylation is 1. The van der Waals surface area contributed by atoms with Gasteiger partial charge in [-0.1, -0.05) is 6.07 Å². The molecule has 0 unspecified atom stereocenters. The third-order valence-electron chi connectivity index (χ3n) is 5.37. The predicted molar refractivity (Wildman–Crippen MR) is 106 cm³/mol. The van der Waals surface area contributed by atoms with Crippen molar-refractivity contribution in [2.45, 2.75) is 25.8 Å². The van der Waals surface area contributed by atoms with Gasteiger partial charge in [-0.25, -0.2) is 9.50 Å². The van der Waals surface area contributed by atoms with Gasteiger partial charge in [-0.15, -0.1) is 0 Å². The lowest BCUT2D eigenvalue weighted by Crippen LogP contribution is -2.34. The molecule has 0 atom stereocenters. The van der Waals surface area contributed by atoms with E-state index in [2.05, 4.69) is 15.4 Å². The van der Waals surface area contributed by atoms with Crippen LogP contribution in [0.15, 0.2) is 53.6 Å². The van der Waals surface area contributed by atoms with Crippen molar-refractivity contribution in [3.8, 4) is 11.3 Å². The quantitative estimate of drug-likeness (QED) is 0.598. The number of benzene rings is 1. The highest BCUT2D eigenvalue weighted by atomic mass is 16.1. The van der Waals surface area contributed by atoms with Crippen molar-refractivity contribution in [2.24, 2.45) is 0 Å². The highest BCUT2D eigenvalue weighted by Crippen LogP contribution is 2.23. The highest BCUT2D eigenvalue weighted by Gasteiger charge is 2.17. The van der Waals surface area contributed by atoms with Gasteiger partial charge in [-0.3, -0.25) is 4.79 Å². The Bertz CT molecular complexity index is 1200. The first-order chi connectivity index (χ1) is 13.2. The summed E-state index contributed by atoms with van der Waals surface area (Å²) < 4.78 is 3.70. The Kier molecular flexibility index (Phi) is 3.79. The average molecular weight is 359 g/mol. The van der Waals surface area contributed by atoms with Crippen LogP contribution in [0.2, 0.25) is 0 Å². The van der Waals surface area contributed by atoms with Gasteiger partial charge in [-0.05, 0) is 68.6 Å². The molecule has 1 saturated heterocycles. The molecule has 1 aromatic carbocycles. The summed E-state index contributed by atoms with van der Waals surface area (Å²) in [7, 11) is 0. The summed E-state index contributed by atoms with van der Waals surface area (Å²) in [6.07, 6.45) is 5.85. The van der Waals surface area contributed by atoms with Crippen LogP contribution in [0.4, 0.5) is 0 Å². The fourth-order valence-electron chi connectivity index (χ4n) is 3.95. The molecule has 3 aromatic heterocycles. The lowest BCUT2D eigenvalue weighted by Gasteiger charge is -2.25. The monoisotopic (exact) mass is 359 g/mol. The molecule has 27 heavy (non-hydrogen) atoms. The van der Waals surface area contributed by atoms with Crippen LogP contribution in [0, 0.1) is 6.92 Å². The highest BCUT2D eigenvalue weighted by molar-refractivity contribution is 5.86. The van der Waals surface area contributed by atoms with Gasteiger partial charge in [0, 0.05) is 23.2 Å². The van der Waals surface area contributed by atoms with Crippen molar-refractivity contribution in [1.29, 1.82) is 0 Å². The Balaban J connectivity index is 1.57. The third-order valence-corrected chi connectivity index (χ3v) is 5.37. The minimum atomic E-state index is 0.0968. The molecule has 4 aromatic rings. The zero-order valence-corrected chi connectivity index (χ0v) is 15.2. The Morgan fingerprint density at radius 2 is 1.96 bits per heavy atom. The molecular formula is C21H21N5O. The van der Waals surface area contributed by atoms with Gasteiger partial charge in [0.2, 0.25) is 0 Å². The van der Waals surface area contributed by atoms with E-state index in [4.69, 9.17) is 0 Å². The van der Waals surface area contributed by atoms with Crippen LogP contribution in [0.25, 0.3) is 27.7 Å². The summed E-state index contributed by atoms with van der Waals surface area (Å²) in [4.78, 5) is 17.4. The first-order valence-electron chi connectivity index (χ1n) is 9.38. The average Bonchev–Trinajstić information content (AvgIpc) is 3.08. The second-order valence-corrected chi connectivity index (χ2v) is 7.21. The fourth-order valence-corrected chi connectivity index (χ4v) is 3.95. The lowest BCUT2D eigenvalue weighted by molar-refractivity contribution is 0.362. The summed E-state index contributed by atoms with van der Waals surface area (Å²) >= 11 is 0. The van der Waals surface area contributed by atoms with Crippen molar-refractivity contribution in [3.05, 3.63) is 64.8 Å². The molecule has 1 aliphatic heterocycles. The van der Waals surface area contributed by atoms with Crippen molar-refractivity contribution in [1.82, 2.24) is 24.5 Å².